The van der Waals surface area contributed by atoms with Crippen LogP contribution < -0.4 is 5.32 Å². The predicted octanol–water partition coefficient (Wildman–Crippen LogP) is 4.31. The summed E-state index contributed by atoms with van der Waals surface area (Å²) in [7, 11) is 1.94. The Hall–Kier alpha value is -1.88. The van der Waals surface area contributed by atoms with Gasteiger partial charge in [-0.05, 0) is 58.4 Å². The molecule has 0 bridgehead atoms. The number of nitrogens with one attached hydrogen (secondary N) is 1. The number of likely N-dealkylation sites (N-methyl/N-ethyl adjacent to an activating group) is 1. The van der Waals surface area contributed by atoms with Crippen molar-refractivity contribution in [1.29, 1.82) is 0 Å². The molecule has 1 saturated carbocycles. The van der Waals surface area contributed by atoms with Gasteiger partial charge in [0.25, 0.3) is 5.89 Å². The Kier molecular flexibility index (Phi) is 5.74. The van der Waals surface area contributed by atoms with E-state index in [1.165, 1.54) is 49.1 Å². The first kappa shape index (κ1) is 17.9. The van der Waals surface area contributed by atoms with Crippen molar-refractivity contribution in [3.8, 4) is 0 Å². The molecule has 1 fully saturated rings. The van der Waals surface area contributed by atoms with Crippen molar-refractivity contribution < 1.29 is 4.52 Å². The number of hydrogen-bond donors (Lipinski definition) is 1. The molecule has 2 aromatic rings. The standard InChI is InChI=1S/C20H30N4O/c1-14(21-4)12-19-22-20(25-23-19)11-10-17-13-15(2)24(16(17)3)18-8-6-5-7-9-18/h10-11,13-14,18,21H,5-9,12H2,1-4H3/b11-10+. The van der Waals surface area contributed by atoms with Crippen molar-refractivity contribution in [2.75, 3.05) is 7.05 Å². The Morgan fingerprint density at radius 3 is 2.76 bits per heavy atom. The Balaban J connectivity index is 1.73. The molecule has 0 aromatic carbocycles. The molecule has 0 saturated heterocycles. The minimum absolute atomic E-state index is 0.337. The first-order valence-electron chi connectivity index (χ1n) is 9.45. The largest absolute Gasteiger partial charge is 0.346 e. The zero-order valence-electron chi connectivity index (χ0n) is 15.9. The fourth-order valence-corrected chi connectivity index (χ4v) is 3.83. The molecule has 1 N–H and O–H groups in total. The van der Waals surface area contributed by atoms with E-state index in [1.54, 1.807) is 0 Å². The summed E-state index contributed by atoms with van der Waals surface area (Å²) in [5.74, 6) is 1.31. The van der Waals surface area contributed by atoms with E-state index in [9.17, 15) is 0 Å². The van der Waals surface area contributed by atoms with Gasteiger partial charge in [-0.2, -0.15) is 4.98 Å². The average molecular weight is 342 g/mol. The minimum atomic E-state index is 0.337. The molecule has 25 heavy (non-hydrogen) atoms. The first-order chi connectivity index (χ1) is 12.1. The fraction of sp³-hybridized carbons (Fsp3) is 0.600. The van der Waals surface area contributed by atoms with Crippen molar-refractivity contribution in [1.82, 2.24) is 20.0 Å². The van der Waals surface area contributed by atoms with Gasteiger partial charge in [0.05, 0.1) is 0 Å². The van der Waals surface area contributed by atoms with Gasteiger partial charge in [0.15, 0.2) is 5.82 Å². The van der Waals surface area contributed by atoms with E-state index in [-0.39, 0.29) is 0 Å². The van der Waals surface area contributed by atoms with E-state index >= 15 is 0 Å². The number of hydrogen-bond acceptors (Lipinski definition) is 4. The third-order valence-corrected chi connectivity index (χ3v) is 5.33. The molecule has 5 nitrogen and oxygen atoms in total. The second-order valence-electron chi connectivity index (χ2n) is 7.26. The van der Waals surface area contributed by atoms with Gasteiger partial charge in [0.2, 0.25) is 0 Å². The van der Waals surface area contributed by atoms with Gasteiger partial charge >= 0.3 is 0 Å². The van der Waals surface area contributed by atoms with Crippen LogP contribution in [0.15, 0.2) is 10.6 Å². The van der Waals surface area contributed by atoms with Crippen LogP contribution in [0.25, 0.3) is 12.2 Å². The molecule has 0 aliphatic heterocycles. The number of rotatable bonds is 6. The monoisotopic (exact) mass is 342 g/mol. The second kappa shape index (κ2) is 8.00. The maximum absolute atomic E-state index is 5.34. The maximum atomic E-state index is 5.34. The third kappa shape index (κ3) is 4.21. The minimum Gasteiger partial charge on any atom is -0.346 e. The fourth-order valence-electron chi connectivity index (χ4n) is 3.83. The highest BCUT2D eigenvalue weighted by Gasteiger charge is 2.19. The van der Waals surface area contributed by atoms with Gasteiger partial charge in [0, 0.05) is 36.0 Å². The smallest absolute Gasteiger partial charge is 0.250 e. The lowest BCUT2D eigenvalue weighted by Gasteiger charge is -2.26. The van der Waals surface area contributed by atoms with Crippen molar-refractivity contribution >= 4 is 12.2 Å². The molecule has 0 spiro atoms. The summed E-state index contributed by atoms with van der Waals surface area (Å²) in [6, 6.07) is 3.26. The molecule has 2 aromatic heterocycles. The molecule has 1 aliphatic rings. The zero-order chi connectivity index (χ0) is 17.8. The lowest BCUT2D eigenvalue weighted by molar-refractivity contribution is 0.346. The molecule has 0 amide bonds. The van der Waals surface area contributed by atoms with Crippen LogP contribution in [0.4, 0.5) is 0 Å². The zero-order valence-corrected chi connectivity index (χ0v) is 15.9. The molecule has 1 unspecified atom stereocenters. The molecule has 3 rings (SSSR count). The van der Waals surface area contributed by atoms with E-state index in [2.05, 4.69) is 52.9 Å². The predicted molar refractivity (Wildman–Crippen MR) is 101 cm³/mol. The van der Waals surface area contributed by atoms with Crippen molar-refractivity contribution in [3.63, 3.8) is 0 Å². The van der Waals surface area contributed by atoms with E-state index in [1.807, 2.05) is 13.1 Å². The van der Waals surface area contributed by atoms with Crippen LogP contribution in [0, 0.1) is 13.8 Å². The molecule has 5 heteroatoms. The molecule has 1 atom stereocenters. The van der Waals surface area contributed by atoms with E-state index in [0.717, 1.165) is 12.2 Å². The van der Waals surface area contributed by atoms with Crippen molar-refractivity contribution in [2.45, 2.75) is 71.4 Å². The Bertz CT molecular complexity index is 722. The van der Waals surface area contributed by atoms with Crippen LogP contribution >= 0.6 is 0 Å². The summed E-state index contributed by atoms with van der Waals surface area (Å²) in [4.78, 5) is 4.45. The summed E-state index contributed by atoms with van der Waals surface area (Å²) < 4.78 is 7.86. The van der Waals surface area contributed by atoms with Crippen LogP contribution in [0.5, 0.6) is 0 Å². The Labute approximate surface area is 150 Å². The van der Waals surface area contributed by atoms with Gasteiger partial charge in [-0.3, -0.25) is 0 Å². The van der Waals surface area contributed by atoms with E-state index < -0.39 is 0 Å². The normalized spacial score (nSPS) is 17.4. The van der Waals surface area contributed by atoms with E-state index in [4.69, 9.17) is 4.52 Å². The summed E-state index contributed by atoms with van der Waals surface area (Å²) >= 11 is 0. The van der Waals surface area contributed by atoms with Crippen LogP contribution in [0.2, 0.25) is 0 Å². The van der Waals surface area contributed by atoms with Crippen LogP contribution in [-0.2, 0) is 6.42 Å². The molecular formula is C20H30N4O. The van der Waals surface area contributed by atoms with Crippen LogP contribution in [0.1, 0.15) is 73.7 Å². The SMILES string of the molecule is CNC(C)Cc1noc(/C=C/c2cc(C)n(C3CCCCC3)c2C)n1. The summed E-state index contributed by atoms with van der Waals surface area (Å²) in [6.45, 7) is 6.53. The summed E-state index contributed by atoms with van der Waals surface area (Å²) in [5, 5.41) is 7.24. The maximum Gasteiger partial charge on any atom is 0.250 e. The topological polar surface area (TPSA) is 55.9 Å². The Morgan fingerprint density at radius 1 is 1.28 bits per heavy atom. The van der Waals surface area contributed by atoms with E-state index in [0.29, 0.717) is 18.0 Å². The van der Waals surface area contributed by atoms with Gasteiger partial charge in [-0.1, -0.05) is 24.4 Å². The Morgan fingerprint density at radius 2 is 2.04 bits per heavy atom. The van der Waals surface area contributed by atoms with Crippen molar-refractivity contribution in [3.05, 3.63) is 34.7 Å². The number of nitrogens with zero attached hydrogens (tertiary/aromatic N) is 3. The van der Waals surface area contributed by atoms with Crippen molar-refractivity contribution in [2.24, 2.45) is 0 Å². The quantitative estimate of drug-likeness (QED) is 0.850. The summed E-state index contributed by atoms with van der Waals surface area (Å²) in [6.07, 6.45) is 11.5. The van der Waals surface area contributed by atoms with Gasteiger partial charge in [-0.15, -0.1) is 0 Å². The lowest BCUT2D eigenvalue weighted by Crippen LogP contribution is -2.24. The average Bonchev–Trinajstić information content (AvgIpc) is 3.17. The highest BCUT2D eigenvalue weighted by atomic mass is 16.5. The third-order valence-electron chi connectivity index (χ3n) is 5.33. The molecule has 1 aliphatic carbocycles. The summed E-state index contributed by atoms with van der Waals surface area (Å²) in [5.41, 5.74) is 3.92. The first-order valence-corrected chi connectivity index (χ1v) is 9.45. The molecule has 136 valence electrons. The van der Waals surface area contributed by atoms with Gasteiger partial charge < -0.3 is 14.4 Å². The molecular weight excluding hydrogens is 312 g/mol. The van der Waals surface area contributed by atoms with Gasteiger partial charge in [0.1, 0.15) is 0 Å². The highest BCUT2D eigenvalue weighted by Crippen LogP contribution is 2.32. The van der Waals surface area contributed by atoms with Crippen LogP contribution in [0.3, 0.4) is 0 Å². The molecule has 2 heterocycles. The van der Waals surface area contributed by atoms with Gasteiger partial charge in [-0.25, -0.2) is 0 Å². The molecule has 0 radical (unpaired) electrons. The second-order valence-corrected chi connectivity index (χ2v) is 7.26. The number of aryl methyl sites for hydroxylation is 1. The van der Waals surface area contributed by atoms with Crippen LogP contribution in [-0.4, -0.2) is 27.8 Å². The number of aromatic nitrogens is 3. The lowest BCUT2D eigenvalue weighted by atomic mass is 9.95. The highest BCUT2D eigenvalue weighted by molar-refractivity contribution is 5.68.